The molecule has 0 bridgehead atoms. The first-order valence-electron chi connectivity index (χ1n) is 8.38. The summed E-state index contributed by atoms with van der Waals surface area (Å²) >= 11 is 1.25. The second kappa shape index (κ2) is 8.71. The first kappa shape index (κ1) is 18.3. The molecule has 0 saturated heterocycles. The molecule has 1 aromatic carbocycles. The summed E-state index contributed by atoms with van der Waals surface area (Å²) in [6, 6.07) is 13.9. The van der Waals surface area contributed by atoms with Gasteiger partial charge >= 0.3 is 0 Å². The van der Waals surface area contributed by atoms with Crippen molar-refractivity contribution >= 4 is 17.7 Å². The number of rotatable bonds is 8. The minimum Gasteiger partial charge on any atom is -0.467 e. The number of aromatic nitrogens is 2. The number of hydrogen-bond acceptors (Lipinski definition) is 6. The fraction of sp³-hybridized carbons (Fsp3) is 0.316. The molecule has 6 nitrogen and oxygen atoms in total. The van der Waals surface area contributed by atoms with Gasteiger partial charge in [0.2, 0.25) is 11.8 Å². The summed E-state index contributed by atoms with van der Waals surface area (Å²) in [6.45, 7) is 2.57. The van der Waals surface area contributed by atoms with Gasteiger partial charge in [0.15, 0.2) is 0 Å². The van der Waals surface area contributed by atoms with Gasteiger partial charge < -0.3 is 13.7 Å². The van der Waals surface area contributed by atoms with E-state index < -0.39 is 0 Å². The fourth-order valence-electron chi connectivity index (χ4n) is 2.50. The van der Waals surface area contributed by atoms with E-state index in [-0.39, 0.29) is 17.6 Å². The molecule has 0 N–H and O–H groups in total. The van der Waals surface area contributed by atoms with Crippen LogP contribution in [0.4, 0.5) is 0 Å². The summed E-state index contributed by atoms with van der Waals surface area (Å²) in [6.07, 6.45) is 2.27. The molecule has 2 heterocycles. The molecular weight excluding hydrogens is 350 g/mol. The number of amides is 1. The molecule has 136 valence electrons. The highest BCUT2D eigenvalue weighted by Crippen LogP contribution is 2.22. The molecule has 3 aromatic rings. The average molecular weight is 371 g/mol. The van der Waals surface area contributed by atoms with Crippen molar-refractivity contribution in [3.8, 4) is 0 Å². The van der Waals surface area contributed by atoms with Crippen molar-refractivity contribution in [2.75, 3.05) is 12.8 Å². The molecule has 0 saturated carbocycles. The van der Waals surface area contributed by atoms with Gasteiger partial charge in [0.05, 0.1) is 18.6 Å². The third kappa shape index (κ3) is 4.98. The minimum atomic E-state index is -0.0243. The highest BCUT2D eigenvalue weighted by atomic mass is 32.2. The number of thioether (sulfide) groups is 1. The summed E-state index contributed by atoms with van der Waals surface area (Å²) in [7, 11) is 1.74. The summed E-state index contributed by atoms with van der Waals surface area (Å²) in [5.41, 5.74) is 1.23. The van der Waals surface area contributed by atoms with E-state index in [1.165, 1.54) is 17.3 Å². The lowest BCUT2D eigenvalue weighted by molar-refractivity contribution is -0.127. The molecule has 0 radical (unpaired) electrons. The van der Waals surface area contributed by atoms with Gasteiger partial charge in [0.1, 0.15) is 5.76 Å². The topological polar surface area (TPSA) is 72.4 Å². The second-order valence-electron chi connectivity index (χ2n) is 6.10. The van der Waals surface area contributed by atoms with E-state index in [9.17, 15) is 4.79 Å². The number of benzene rings is 1. The summed E-state index contributed by atoms with van der Waals surface area (Å²) < 4.78 is 10.9. The van der Waals surface area contributed by atoms with Crippen molar-refractivity contribution in [1.29, 1.82) is 0 Å². The van der Waals surface area contributed by atoms with Gasteiger partial charge in [-0.05, 0) is 23.6 Å². The van der Waals surface area contributed by atoms with Gasteiger partial charge in [-0.15, -0.1) is 10.2 Å². The van der Waals surface area contributed by atoms with Crippen LogP contribution in [0.1, 0.15) is 30.1 Å². The van der Waals surface area contributed by atoms with Crippen LogP contribution < -0.4 is 0 Å². The number of hydrogen-bond donors (Lipinski definition) is 0. The maximum absolute atomic E-state index is 12.2. The van der Waals surface area contributed by atoms with E-state index in [0.29, 0.717) is 24.1 Å². The Hall–Kier alpha value is -2.54. The van der Waals surface area contributed by atoms with Gasteiger partial charge in [-0.2, -0.15) is 0 Å². The van der Waals surface area contributed by atoms with Crippen molar-refractivity contribution in [1.82, 2.24) is 15.1 Å². The van der Waals surface area contributed by atoms with Crippen LogP contribution in [0.15, 0.2) is 62.8 Å². The summed E-state index contributed by atoms with van der Waals surface area (Å²) in [4.78, 5) is 13.8. The molecule has 1 unspecified atom stereocenters. The molecule has 3 rings (SSSR count). The summed E-state index contributed by atoms with van der Waals surface area (Å²) in [5, 5.41) is 8.53. The first-order valence-corrected chi connectivity index (χ1v) is 9.37. The Kier molecular flexibility index (Phi) is 6.12. The Morgan fingerprint density at radius 1 is 1.19 bits per heavy atom. The highest BCUT2D eigenvalue weighted by molar-refractivity contribution is 7.99. The molecule has 0 aliphatic heterocycles. The Bertz CT molecular complexity index is 818. The summed E-state index contributed by atoms with van der Waals surface area (Å²) in [5.74, 6) is 1.84. The quantitative estimate of drug-likeness (QED) is 0.562. The van der Waals surface area contributed by atoms with Gasteiger partial charge in [-0.3, -0.25) is 4.79 Å². The fourth-order valence-corrected chi connectivity index (χ4v) is 3.22. The van der Waals surface area contributed by atoms with Crippen LogP contribution in [0.5, 0.6) is 0 Å². The van der Waals surface area contributed by atoms with E-state index >= 15 is 0 Å². The van der Waals surface area contributed by atoms with E-state index in [1.807, 2.05) is 24.3 Å². The normalized spacial score (nSPS) is 12.1. The molecule has 0 aliphatic carbocycles. The zero-order valence-corrected chi connectivity index (χ0v) is 15.6. The van der Waals surface area contributed by atoms with E-state index in [1.54, 1.807) is 24.3 Å². The average Bonchev–Trinajstić information content (AvgIpc) is 3.32. The van der Waals surface area contributed by atoms with Crippen molar-refractivity contribution in [3.63, 3.8) is 0 Å². The van der Waals surface area contributed by atoms with E-state index in [0.717, 1.165) is 5.76 Å². The molecule has 1 atom stereocenters. The van der Waals surface area contributed by atoms with Gasteiger partial charge in [-0.25, -0.2) is 0 Å². The van der Waals surface area contributed by atoms with Crippen molar-refractivity contribution in [2.24, 2.45) is 0 Å². The number of carbonyl (C=O) groups is 1. The predicted octanol–water partition coefficient (Wildman–Crippen LogP) is 3.76. The van der Waals surface area contributed by atoms with Crippen LogP contribution in [0.2, 0.25) is 0 Å². The standard InChI is InChI=1S/C19H21N3O3S/c1-14(15-7-4-3-5-8-15)11-17-20-21-19(25-17)26-13-18(23)22(2)12-16-9-6-10-24-16/h3-10,14H,11-13H2,1-2H3. The molecular formula is C19H21N3O3S. The third-order valence-corrected chi connectivity index (χ3v) is 4.82. The monoisotopic (exact) mass is 371 g/mol. The zero-order valence-electron chi connectivity index (χ0n) is 14.8. The zero-order chi connectivity index (χ0) is 18.4. The van der Waals surface area contributed by atoms with Gasteiger partial charge in [0.25, 0.3) is 5.22 Å². The van der Waals surface area contributed by atoms with Crippen molar-refractivity contribution < 1.29 is 13.6 Å². The molecule has 0 spiro atoms. The molecule has 0 fully saturated rings. The minimum absolute atomic E-state index is 0.0243. The largest absolute Gasteiger partial charge is 0.467 e. The lowest BCUT2D eigenvalue weighted by atomic mass is 9.98. The number of furan rings is 1. The van der Waals surface area contributed by atoms with Crippen LogP contribution in [0.25, 0.3) is 0 Å². The Balaban J connectivity index is 1.48. The van der Waals surface area contributed by atoms with Crippen LogP contribution >= 0.6 is 11.8 Å². The predicted molar refractivity (Wildman–Crippen MR) is 98.8 cm³/mol. The molecule has 1 amide bonds. The van der Waals surface area contributed by atoms with Gasteiger partial charge in [0, 0.05) is 13.5 Å². The molecule has 26 heavy (non-hydrogen) atoms. The maximum Gasteiger partial charge on any atom is 0.277 e. The molecule has 7 heteroatoms. The Labute approximate surface area is 156 Å². The second-order valence-corrected chi connectivity index (χ2v) is 7.02. The lowest BCUT2D eigenvalue weighted by Crippen LogP contribution is -2.27. The SMILES string of the molecule is CC(Cc1nnc(SCC(=O)N(C)Cc2ccco2)o1)c1ccccc1. The van der Waals surface area contributed by atoms with Crippen LogP contribution in [0.3, 0.4) is 0 Å². The number of carbonyl (C=O) groups excluding carboxylic acids is 1. The number of nitrogens with zero attached hydrogens (tertiary/aromatic N) is 3. The van der Waals surface area contributed by atoms with Gasteiger partial charge in [-0.1, -0.05) is 49.0 Å². The van der Waals surface area contributed by atoms with Crippen LogP contribution in [-0.4, -0.2) is 33.8 Å². The van der Waals surface area contributed by atoms with Crippen molar-refractivity contribution in [2.45, 2.75) is 31.0 Å². The van der Waals surface area contributed by atoms with Crippen LogP contribution in [-0.2, 0) is 17.8 Å². The highest BCUT2D eigenvalue weighted by Gasteiger charge is 2.15. The van der Waals surface area contributed by atoms with Crippen molar-refractivity contribution in [3.05, 3.63) is 65.9 Å². The smallest absolute Gasteiger partial charge is 0.277 e. The first-order chi connectivity index (χ1) is 12.6. The van der Waals surface area contributed by atoms with Crippen LogP contribution in [0, 0.1) is 0 Å². The molecule has 2 aromatic heterocycles. The lowest BCUT2D eigenvalue weighted by Gasteiger charge is -2.14. The maximum atomic E-state index is 12.2. The molecule has 0 aliphatic rings. The Morgan fingerprint density at radius 2 is 2.00 bits per heavy atom. The van der Waals surface area contributed by atoms with E-state index in [4.69, 9.17) is 8.83 Å². The third-order valence-electron chi connectivity index (χ3n) is 4.02. The van der Waals surface area contributed by atoms with E-state index in [2.05, 4.69) is 29.3 Å². The Morgan fingerprint density at radius 3 is 2.73 bits per heavy atom.